The zero-order valence-corrected chi connectivity index (χ0v) is 12.0. The van der Waals surface area contributed by atoms with Crippen LogP contribution in [0.1, 0.15) is 43.0 Å². The summed E-state index contributed by atoms with van der Waals surface area (Å²) in [6, 6.07) is 4.48. The quantitative estimate of drug-likeness (QED) is 0.840. The lowest BCUT2D eigenvalue weighted by Crippen LogP contribution is -2.25. The average Bonchev–Trinajstić information content (AvgIpc) is 2.14. The van der Waals surface area contributed by atoms with Crippen molar-refractivity contribution in [3.8, 4) is 0 Å². The molecule has 0 heterocycles. The van der Waals surface area contributed by atoms with Gasteiger partial charge in [0.25, 0.3) is 0 Å². The predicted octanol–water partition coefficient (Wildman–Crippen LogP) is 3.81. The van der Waals surface area contributed by atoms with E-state index in [2.05, 4.69) is 46.8 Å². The van der Waals surface area contributed by atoms with Gasteiger partial charge in [0.05, 0.1) is 6.10 Å². The molecule has 1 N–H and O–H groups in total. The molecule has 0 fully saturated rings. The molecule has 0 amide bonds. The summed E-state index contributed by atoms with van der Waals surface area (Å²) < 4.78 is 0. The van der Waals surface area contributed by atoms with Crippen molar-refractivity contribution in [3.05, 3.63) is 34.4 Å². The molecule has 0 aliphatic heterocycles. The maximum Gasteiger partial charge on any atom is 0.0545 e. The third-order valence-electron chi connectivity index (χ3n) is 3.76. The highest BCUT2D eigenvalue weighted by atomic mass is 16.3. The largest absolute Gasteiger partial charge is 0.393 e. The molecule has 0 aliphatic carbocycles. The van der Waals surface area contributed by atoms with Crippen molar-refractivity contribution < 1.29 is 5.11 Å². The zero-order chi connectivity index (χ0) is 13.2. The molecule has 0 spiro atoms. The van der Waals surface area contributed by atoms with Crippen LogP contribution in [-0.2, 0) is 6.42 Å². The molecule has 0 radical (unpaired) electrons. The van der Waals surface area contributed by atoms with Gasteiger partial charge in [-0.25, -0.2) is 0 Å². The number of rotatable bonds is 4. The predicted molar refractivity (Wildman–Crippen MR) is 74.4 cm³/mol. The van der Waals surface area contributed by atoms with E-state index < -0.39 is 0 Å². The molecule has 1 nitrogen and oxygen atoms in total. The van der Waals surface area contributed by atoms with E-state index in [0.29, 0.717) is 11.8 Å². The van der Waals surface area contributed by atoms with Crippen LogP contribution in [0.15, 0.2) is 12.1 Å². The van der Waals surface area contributed by atoms with E-state index >= 15 is 0 Å². The first-order valence-electron chi connectivity index (χ1n) is 6.57. The molecule has 1 heteroatoms. The Hall–Kier alpha value is -0.820. The molecule has 0 aromatic heterocycles. The van der Waals surface area contributed by atoms with Crippen molar-refractivity contribution in [3.63, 3.8) is 0 Å². The van der Waals surface area contributed by atoms with Crippen LogP contribution in [0, 0.1) is 32.6 Å². The lowest BCUT2D eigenvalue weighted by molar-refractivity contribution is 0.0975. The number of benzene rings is 1. The van der Waals surface area contributed by atoms with Gasteiger partial charge in [-0.3, -0.25) is 0 Å². The van der Waals surface area contributed by atoms with Gasteiger partial charge in [-0.05, 0) is 62.6 Å². The van der Waals surface area contributed by atoms with Gasteiger partial charge in [0.1, 0.15) is 0 Å². The Morgan fingerprint density at radius 2 is 1.47 bits per heavy atom. The fourth-order valence-corrected chi connectivity index (χ4v) is 2.73. The molecular formula is C16H26O. The van der Waals surface area contributed by atoms with Crippen molar-refractivity contribution in [2.24, 2.45) is 11.8 Å². The van der Waals surface area contributed by atoms with Gasteiger partial charge >= 0.3 is 0 Å². The van der Waals surface area contributed by atoms with Gasteiger partial charge < -0.3 is 5.11 Å². The minimum absolute atomic E-state index is 0.241. The number of aliphatic hydroxyl groups excluding tert-OH is 1. The number of aliphatic hydroxyl groups is 1. The molecule has 17 heavy (non-hydrogen) atoms. The van der Waals surface area contributed by atoms with Crippen LogP contribution in [0.3, 0.4) is 0 Å². The zero-order valence-electron chi connectivity index (χ0n) is 12.0. The molecule has 1 aromatic rings. The van der Waals surface area contributed by atoms with Crippen LogP contribution in [0.2, 0.25) is 0 Å². The van der Waals surface area contributed by atoms with Crippen molar-refractivity contribution in [1.82, 2.24) is 0 Å². The van der Waals surface area contributed by atoms with E-state index in [1.165, 1.54) is 22.3 Å². The van der Waals surface area contributed by atoms with E-state index in [4.69, 9.17) is 0 Å². The van der Waals surface area contributed by atoms with Crippen molar-refractivity contribution in [2.75, 3.05) is 0 Å². The first kappa shape index (κ1) is 14.2. The molecule has 96 valence electrons. The molecule has 0 saturated heterocycles. The Morgan fingerprint density at radius 3 is 1.82 bits per heavy atom. The highest BCUT2D eigenvalue weighted by Crippen LogP contribution is 2.25. The smallest absolute Gasteiger partial charge is 0.0545 e. The normalized spacial score (nSPS) is 15.1. The maximum atomic E-state index is 9.88. The standard InChI is InChI=1S/C16H26O/c1-10(2)15(14(6)17)9-16-12(4)7-11(3)8-13(16)5/h7-8,10,14-15,17H,9H2,1-6H3. The third-order valence-corrected chi connectivity index (χ3v) is 3.76. The van der Waals surface area contributed by atoms with E-state index in [0.717, 1.165) is 6.42 Å². The van der Waals surface area contributed by atoms with Gasteiger partial charge in [-0.2, -0.15) is 0 Å². The molecule has 0 saturated carbocycles. The highest BCUT2D eigenvalue weighted by Gasteiger charge is 2.21. The van der Waals surface area contributed by atoms with Crippen LogP contribution in [0.5, 0.6) is 0 Å². The second-order valence-electron chi connectivity index (χ2n) is 5.73. The number of hydrogen-bond donors (Lipinski definition) is 1. The van der Waals surface area contributed by atoms with Crippen LogP contribution < -0.4 is 0 Å². The Balaban J connectivity index is 3.01. The van der Waals surface area contributed by atoms with Crippen LogP contribution in [0.25, 0.3) is 0 Å². The molecular weight excluding hydrogens is 208 g/mol. The van der Waals surface area contributed by atoms with Crippen LogP contribution >= 0.6 is 0 Å². The third kappa shape index (κ3) is 3.57. The van der Waals surface area contributed by atoms with E-state index in [9.17, 15) is 5.11 Å². The molecule has 2 atom stereocenters. The lowest BCUT2D eigenvalue weighted by Gasteiger charge is -2.25. The Morgan fingerprint density at radius 1 is 1.00 bits per heavy atom. The van der Waals surface area contributed by atoms with E-state index in [1.807, 2.05) is 6.92 Å². The number of hydrogen-bond acceptors (Lipinski definition) is 1. The van der Waals surface area contributed by atoms with Crippen molar-refractivity contribution >= 4 is 0 Å². The summed E-state index contributed by atoms with van der Waals surface area (Å²) in [7, 11) is 0. The monoisotopic (exact) mass is 234 g/mol. The van der Waals surface area contributed by atoms with Gasteiger partial charge in [-0.1, -0.05) is 31.5 Å². The highest BCUT2D eigenvalue weighted by molar-refractivity contribution is 5.37. The summed E-state index contributed by atoms with van der Waals surface area (Å²) in [6.45, 7) is 12.8. The SMILES string of the molecule is Cc1cc(C)c(CC(C(C)C)C(C)O)c(C)c1. The van der Waals surface area contributed by atoms with Crippen molar-refractivity contribution in [1.29, 1.82) is 0 Å². The Bertz CT molecular complexity index is 346. The fraction of sp³-hybridized carbons (Fsp3) is 0.625. The maximum absolute atomic E-state index is 9.88. The second-order valence-corrected chi connectivity index (χ2v) is 5.73. The van der Waals surface area contributed by atoms with E-state index in [-0.39, 0.29) is 6.10 Å². The summed E-state index contributed by atoms with van der Waals surface area (Å²) in [6.07, 6.45) is 0.739. The molecule has 1 aromatic carbocycles. The van der Waals surface area contributed by atoms with Crippen molar-refractivity contribution in [2.45, 2.75) is 54.1 Å². The summed E-state index contributed by atoms with van der Waals surface area (Å²) in [5.41, 5.74) is 5.44. The molecule has 1 rings (SSSR count). The minimum atomic E-state index is -0.241. The molecule has 0 aliphatic rings. The topological polar surface area (TPSA) is 20.2 Å². The minimum Gasteiger partial charge on any atom is -0.393 e. The van der Waals surface area contributed by atoms with Gasteiger partial charge in [0.15, 0.2) is 0 Å². The molecule has 2 unspecified atom stereocenters. The van der Waals surface area contributed by atoms with Gasteiger partial charge in [0.2, 0.25) is 0 Å². The summed E-state index contributed by atoms with van der Waals surface area (Å²) in [5.74, 6) is 0.852. The average molecular weight is 234 g/mol. The van der Waals surface area contributed by atoms with Crippen LogP contribution in [0.4, 0.5) is 0 Å². The summed E-state index contributed by atoms with van der Waals surface area (Å²) >= 11 is 0. The first-order chi connectivity index (χ1) is 7.82. The summed E-state index contributed by atoms with van der Waals surface area (Å²) in [4.78, 5) is 0. The fourth-order valence-electron chi connectivity index (χ4n) is 2.73. The molecule has 0 bridgehead atoms. The summed E-state index contributed by atoms with van der Waals surface area (Å²) in [5, 5.41) is 9.88. The first-order valence-corrected chi connectivity index (χ1v) is 6.57. The Labute approximate surface area is 106 Å². The van der Waals surface area contributed by atoms with Gasteiger partial charge in [0, 0.05) is 0 Å². The van der Waals surface area contributed by atoms with Gasteiger partial charge in [-0.15, -0.1) is 0 Å². The number of aryl methyl sites for hydroxylation is 3. The second kappa shape index (κ2) is 5.68. The van der Waals surface area contributed by atoms with Crippen LogP contribution in [-0.4, -0.2) is 11.2 Å². The van der Waals surface area contributed by atoms with E-state index in [1.54, 1.807) is 0 Å². The Kier molecular flexibility index (Phi) is 4.76. The lowest BCUT2D eigenvalue weighted by atomic mass is 9.82.